The van der Waals surface area contributed by atoms with E-state index in [1.54, 1.807) is 54.6 Å². The lowest BCUT2D eigenvalue weighted by Crippen LogP contribution is -2.36. The third kappa shape index (κ3) is 6.15. The maximum absolute atomic E-state index is 13.1. The summed E-state index contributed by atoms with van der Waals surface area (Å²) in [7, 11) is 0. The molecule has 2 heterocycles. The van der Waals surface area contributed by atoms with Crippen molar-refractivity contribution in [3.05, 3.63) is 82.5 Å². The Hall–Kier alpha value is -4.51. The lowest BCUT2D eigenvalue weighted by atomic mass is 10.1. The van der Waals surface area contributed by atoms with Crippen molar-refractivity contribution < 1.29 is 37.7 Å². The van der Waals surface area contributed by atoms with Gasteiger partial charge >= 0.3 is 0 Å². The van der Waals surface area contributed by atoms with E-state index < -0.39 is 23.6 Å². The first-order valence-corrected chi connectivity index (χ1v) is 12.8. The fourth-order valence-electron chi connectivity index (χ4n) is 3.85. The van der Waals surface area contributed by atoms with Crippen molar-refractivity contribution in [1.29, 1.82) is 0 Å². The van der Waals surface area contributed by atoms with Crippen molar-refractivity contribution in [2.24, 2.45) is 0 Å². The van der Waals surface area contributed by atoms with Crippen molar-refractivity contribution in [2.75, 3.05) is 25.3 Å². The number of fused-ring (bicyclic) bond motifs is 1. The summed E-state index contributed by atoms with van der Waals surface area (Å²) in [5.41, 5.74) is 1.86. The van der Waals surface area contributed by atoms with E-state index in [9.17, 15) is 18.8 Å². The highest BCUT2D eigenvalue weighted by Crippen LogP contribution is 2.36. The SMILES string of the molecule is CCOc1cc(/C=C2\SC(=O)N(CC(=O)Nc3ccc4c(c3)OCO4)C2=O)ccc1OCc1ccc(F)cc1. The Morgan fingerprint density at radius 3 is 2.62 bits per heavy atom. The van der Waals surface area contributed by atoms with E-state index in [2.05, 4.69) is 5.32 Å². The highest BCUT2D eigenvalue weighted by atomic mass is 32.2. The molecule has 0 aromatic heterocycles. The van der Waals surface area contributed by atoms with Gasteiger partial charge in [-0.25, -0.2) is 4.39 Å². The monoisotopic (exact) mass is 550 g/mol. The van der Waals surface area contributed by atoms with Crippen LogP contribution in [0.25, 0.3) is 6.08 Å². The van der Waals surface area contributed by atoms with Crippen LogP contribution in [0.2, 0.25) is 0 Å². The van der Waals surface area contributed by atoms with Gasteiger partial charge in [-0.05, 0) is 72.3 Å². The summed E-state index contributed by atoms with van der Waals surface area (Å²) in [6.07, 6.45) is 1.56. The van der Waals surface area contributed by atoms with Gasteiger partial charge in [0, 0.05) is 11.8 Å². The van der Waals surface area contributed by atoms with Gasteiger partial charge in [-0.3, -0.25) is 19.3 Å². The average Bonchev–Trinajstić information content (AvgIpc) is 3.49. The number of imide groups is 1. The van der Waals surface area contributed by atoms with Crippen molar-refractivity contribution >= 4 is 40.6 Å². The topological polar surface area (TPSA) is 103 Å². The van der Waals surface area contributed by atoms with Gasteiger partial charge in [0.25, 0.3) is 11.1 Å². The summed E-state index contributed by atoms with van der Waals surface area (Å²) >= 11 is 0.753. The summed E-state index contributed by atoms with van der Waals surface area (Å²) in [4.78, 5) is 39.1. The van der Waals surface area contributed by atoms with Gasteiger partial charge in [0.2, 0.25) is 12.7 Å². The van der Waals surface area contributed by atoms with Crippen LogP contribution in [0.5, 0.6) is 23.0 Å². The van der Waals surface area contributed by atoms with Gasteiger partial charge in [-0.1, -0.05) is 18.2 Å². The average molecular weight is 551 g/mol. The summed E-state index contributed by atoms with van der Waals surface area (Å²) in [5.74, 6) is 0.582. The number of benzene rings is 3. The van der Waals surface area contributed by atoms with E-state index in [-0.39, 0.29) is 24.1 Å². The Morgan fingerprint density at radius 1 is 1.03 bits per heavy atom. The number of nitrogens with one attached hydrogen (secondary N) is 1. The molecule has 39 heavy (non-hydrogen) atoms. The fourth-order valence-corrected chi connectivity index (χ4v) is 4.69. The van der Waals surface area contributed by atoms with E-state index in [4.69, 9.17) is 18.9 Å². The zero-order valence-corrected chi connectivity index (χ0v) is 21.6. The van der Waals surface area contributed by atoms with Gasteiger partial charge in [-0.15, -0.1) is 0 Å². The Bertz CT molecular complexity index is 1460. The van der Waals surface area contributed by atoms with E-state index in [1.165, 1.54) is 12.1 Å². The molecule has 2 aliphatic rings. The lowest BCUT2D eigenvalue weighted by Gasteiger charge is -2.13. The molecule has 0 atom stereocenters. The smallest absolute Gasteiger partial charge is 0.294 e. The Morgan fingerprint density at radius 2 is 1.82 bits per heavy atom. The highest BCUT2D eigenvalue weighted by Gasteiger charge is 2.36. The van der Waals surface area contributed by atoms with E-state index in [0.717, 1.165) is 22.2 Å². The molecule has 0 radical (unpaired) electrons. The normalized spacial score (nSPS) is 15.1. The summed E-state index contributed by atoms with van der Waals surface area (Å²) in [5, 5.41) is 2.12. The number of carbonyl (C=O) groups excluding carboxylic acids is 3. The summed E-state index contributed by atoms with van der Waals surface area (Å²) < 4.78 is 35.2. The first kappa shape index (κ1) is 26.1. The van der Waals surface area contributed by atoms with Crippen molar-refractivity contribution in [1.82, 2.24) is 4.90 Å². The molecule has 1 saturated heterocycles. The third-order valence-corrected chi connectivity index (χ3v) is 6.61. The molecular formula is C28H23FN2O7S. The van der Waals surface area contributed by atoms with Crippen molar-refractivity contribution in [3.8, 4) is 23.0 Å². The number of ether oxygens (including phenoxy) is 4. The second-order valence-corrected chi connectivity index (χ2v) is 9.43. The van der Waals surface area contributed by atoms with Crippen LogP contribution in [0.3, 0.4) is 0 Å². The molecule has 0 bridgehead atoms. The number of carbonyl (C=O) groups is 3. The van der Waals surface area contributed by atoms with Crippen LogP contribution < -0.4 is 24.3 Å². The Balaban J connectivity index is 1.24. The largest absolute Gasteiger partial charge is 0.490 e. The van der Waals surface area contributed by atoms with Crippen LogP contribution in [0, 0.1) is 5.82 Å². The molecular weight excluding hydrogens is 527 g/mol. The van der Waals surface area contributed by atoms with Crippen LogP contribution >= 0.6 is 11.8 Å². The second-order valence-electron chi connectivity index (χ2n) is 8.44. The van der Waals surface area contributed by atoms with Crippen molar-refractivity contribution in [3.63, 3.8) is 0 Å². The van der Waals surface area contributed by atoms with E-state index >= 15 is 0 Å². The minimum absolute atomic E-state index is 0.105. The molecule has 3 aromatic rings. The van der Waals surface area contributed by atoms with Crippen LogP contribution in [0.1, 0.15) is 18.1 Å². The van der Waals surface area contributed by atoms with Gasteiger partial charge < -0.3 is 24.3 Å². The molecule has 9 nitrogen and oxygen atoms in total. The molecule has 0 unspecified atom stereocenters. The molecule has 0 saturated carbocycles. The molecule has 0 aliphatic carbocycles. The predicted octanol–water partition coefficient (Wildman–Crippen LogP) is 5.21. The van der Waals surface area contributed by atoms with Crippen LogP contribution in [-0.4, -0.2) is 41.9 Å². The quantitative estimate of drug-likeness (QED) is 0.363. The van der Waals surface area contributed by atoms with Crippen molar-refractivity contribution in [2.45, 2.75) is 13.5 Å². The number of hydrogen-bond donors (Lipinski definition) is 1. The Labute approximate surface area is 227 Å². The molecule has 200 valence electrons. The van der Waals surface area contributed by atoms with E-state index in [1.807, 2.05) is 6.92 Å². The summed E-state index contributed by atoms with van der Waals surface area (Å²) in [6, 6.07) is 16.0. The zero-order chi connectivity index (χ0) is 27.4. The lowest BCUT2D eigenvalue weighted by molar-refractivity contribution is -0.127. The highest BCUT2D eigenvalue weighted by molar-refractivity contribution is 8.18. The number of hydrogen-bond acceptors (Lipinski definition) is 8. The van der Waals surface area contributed by atoms with E-state index in [0.29, 0.717) is 40.9 Å². The second kappa shape index (κ2) is 11.5. The fraction of sp³-hybridized carbons (Fsp3) is 0.179. The molecule has 0 spiro atoms. The number of anilines is 1. The van der Waals surface area contributed by atoms with Crippen LogP contribution in [0.15, 0.2) is 65.6 Å². The predicted molar refractivity (Wildman–Crippen MR) is 142 cm³/mol. The standard InChI is InChI=1S/C28H23FN2O7S/c1-2-35-23-11-18(5-9-21(23)36-15-17-3-6-19(29)7-4-17)12-25-27(33)31(28(34)39-25)14-26(32)30-20-8-10-22-24(13-20)38-16-37-22/h3-13H,2,14-16H2,1H3,(H,30,32)/b25-12-. The first-order valence-electron chi connectivity index (χ1n) is 12.0. The number of rotatable bonds is 9. The number of amides is 3. The number of thioether (sulfide) groups is 1. The van der Waals surface area contributed by atoms with Gasteiger partial charge in [0.15, 0.2) is 23.0 Å². The van der Waals surface area contributed by atoms with Crippen LogP contribution in [-0.2, 0) is 16.2 Å². The Kier molecular flexibility index (Phi) is 7.69. The molecule has 11 heteroatoms. The minimum Gasteiger partial charge on any atom is -0.490 e. The van der Waals surface area contributed by atoms with Gasteiger partial charge in [0.05, 0.1) is 11.5 Å². The number of halogens is 1. The van der Waals surface area contributed by atoms with Crippen LogP contribution in [0.4, 0.5) is 14.9 Å². The molecule has 2 aliphatic heterocycles. The maximum atomic E-state index is 13.1. The maximum Gasteiger partial charge on any atom is 0.294 e. The molecule has 1 fully saturated rings. The molecule has 3 amide bonds. The summed E-state index contributed by atoms with van der Waals surface area (Å²) in [6.45, 7) is 2.10. The number of nitrogens with zero attached hydrogens (tertiary/aromatic N) is 1. The molecule has 3 aromatic carbocycles. The van der Waals surface area contributed by atoms with Gasteiger partial charge in [-0.2, -0.15) is 0 Å². The third-order valence-electron chi connectivity index (χ3n) is 5.70. The molecule has 1 N–H and O–H groups in total. The molecule has 5 rings (SSSR count). The van der Waals surface area contributed by atoms with Gasteiger partial charge in [0.1, 0.15) is 19.0 Å². The zero-order valence-electron chi connectivity index (χ0n) is 20.8. The minimum atomic E-state index is -0.569. The first-order chi connectivity index (χ1) is 18.9.